The number of anilines is 1. The van der Waals surface area contributed by atoms with E-state index in [-0.39, 0.29) is 34.1 Å². The van der Waals surface area contributed by atoms with E-state index in [1.165, 1.54) is 42.7 Å². The molecular weight excluding hydrogens is 377 g/mol. The molecule has 10 heteroatoms. The number of phenolic OH excluding ortho intramolecular Hbond substituents is 1. The van der Waals surface area contributed by atoms with Crippen molar-refractivity contribution in [3.63, 3.8) is 0 Å². The highest BCUT2D eigenvalue weighted by Gasteiger charge is 2.36. The van der Waals surface area contributed by atoms with E-state index in [0.717, 1.165) is 12.3 Å². The number of phenols is 1. The summed E-state index contributed by atoms with van der Waals surface area (Å²) in [5.41, 5.74) is -1.36. The number of benzene rings is 1. The van der Waals surface area contributed by atoms with E-state index in [4.69, 9.17) is 4.42 Å². The highest BCUT2D eigenvalue weighted by molar-refractivity contribution is 6.08. The SMILES string of the molecule is O=C(Nc1cccc(O)c1)c1cnn2c(C(F)(F)F)cc(-c3ccco3)nc12. The Kier molecular flexibility index (Phi) is 4.03. The van der Waals surface area contributed by atoms with E-state index in [1.807, 2.05) is 0 Å². The first-order chi connectivity index (χ1) is 13.3. The number of alkyl halides is 3. The molecule has 3 aromatic heterocycles. The van der Waals surface area contributed by atoms with Crippen LogP contribution in [0.2, 0.25) is 0 Å². The summed E-state index contributed by atoms with van der Waals surface area (Å²) in [4.78, 5) is 16.7. The summed E-state index contributed by atoms with van der Waals surface area (Å²) in [5.74, 6) is -0.679. The fraction of sp³-hybridized carbons (Fsp3) is 0.0556. The molecule has 0 bridgehead atoms. The van der Waals surface area contributed by atoms with Gasteiger partial charge in [-0.3, -0.25) is 4.79 Å². The quantitative estimate of drug-likeness (QED) is 0.554. The minimum atomic E-state index is -4.73. The zero-order valence-electron chi connectivity index (χ0n) is 13.9. The van der Waals surface area contributed by atoms with Crippen molar-refractivity contribution >= 4 is 17.2 Å². The summed E-state index contributed by atoms with van der Waals surface area (Å²) in [7, 11) is 0. The van der Waals surface area contributed by atoms with E-state index in [2.05, 4.69) is 15.4 Å². The van der Waals surface area contributed by atoms with Crippen LogP contribution in [0.15, 0.2) is 59.3 Å². The number of halogens is 3. The van der Waals surface area contributed by atoms with Crippen LogP contribution >= 0.6 is 0 Å². The molecule has 0 atom stereocenters. The summed E-state index contributed by atoms with van der Waals surface area (Å²) in [5, 5.41) is 15.7. The van der Waals surface area contributed by atoms with Crippen molar-refractivity contribution in [2.45, 2.75) is 6.18 Å². The Bertz CT molecular complexity index is 1170. The van der Waals surface area contributed by atoms with Gasteiger partial charge in [0.05, 0.1) is 12.5 Å². The van der Waals surface area contributed by atoms with Crippen molar-refractivity contribution in [2.75, 3.05) is 5.32 Å². The summed E-state index contributed by atoms with van der Waals surface area (Å²) in [6, 6.07) is 9.52. The molecule has 0 saturated heterocycles. The van der Waals surface area contributed by atoms with E-state index < -0.39 is 17.8 Å². The Labute approximate surface area is 155 Å². The smallest absolute Gasteiger partial charge is 0.433 e. The molecule has 0 unspecified atom stereocenters. The molecule has 0 aliphatic carbocycles. The van der Waals surface area contributed by atoms with Crippen LogP contribution in [0.4, 0.5) is 18.9 Å². The lowest BCUT2D eigenvalue weighted by Crippen LogP contribution is -2.15. The van der Waals surface area contributed by atoms with Gasteiger partial charge in [0.2, 0.25) is 0 Å². The van der Waals surface area contributed by atoms with Crippen LogP contribution in [0.25, 0.3) is 17.1 Å². The van der Waals surface area contributed by atoms with Crippen LogP contribution in [0.1, 0.15) is 16.1 Å². The maximum absolute atomic E-state index is 13.5. The first kappa shape index (κ1) is 17.6. The lowest BCUT2D eigenvalue weighted by Gasteiger charge is -2.10. The average molecular weight is 388 g/mol. The van der Waals surface area contributed by atoms with Crippen molar-refractivity contribution < 1.29 is 27.5 Å². The number of fused-ring (bicyclic) bond motifs is 1. The average Bonchev–Trinajstić information content (AvgIpc) is 3.29. The lowest BCUT2D eigenvalue weighted by atomic mass is 10.2. The number of carbonyl (C=O) groups excluding carboxylic acids is 1. The molecule has 0 aliphatic heterocycles. The van der Waals surface area contributed by atoms with Gasteiger partial charge in [0.1, 0.15) is 17.0 Å². The third-order valence-electron chi connectivity index (χ3n) is 3.88. The maximum atomic E-state index is 13.5. The predicted octanol–water partition coefficient (Wildman–Crippen LogP) is 3.97. The summed E-state index contributed by atoms with van der Waals surface area (Å²) in [6.45, 7) is 0. The molecular formula is C18H11F3N4O3. The molecule has 28 heavy (non-hydrogen) atoms. The third-order valence-corrected chi connectivity index (χ3v) is 3.88. The van der Waals surface area contributed by atoms with Crippen LogP contribution in [-0.2, 0) is 6.18 Å². The highest BCUT2D eigenvalue weighted by Crippen LogP contribution is 2.33. The Balaban J connectivity index is 1.83. The van der Waals surface area contributed by atoms with Gasteiger partial charge in [0.25, 0.3) is 5.91 Å². The Hall–Kier alpha value is -3.82. The molecule has 0 spiro atoms. The van der Waals surface area contributed by atoms with Gasteiger partial charge in [-0.2, -0.15) is 18.3 Å². The van der Waals surface area contributed by atoms with Gasteiger partial charge in [-0.25, -0.2) is 9.50 Å². The Morgan fingerprint density at radius 1 is 1.18 bits per heavy atom. The number of hydrogen-bond donors (Lipinski definition) is 2. The summed E-state index contributed by atoms with van der Waals surface area (Å²) < 4.78 is 46.2. The third kappa shape index (κ3) is 3.15. The second-order valence-corrected chi connectivity index (χ2v) is 5.80. The Morgan fingerprint density at radius 3 is 2.68 bits per heavy atom. The maximum Gasteiger partial charge on any atom is 0.433 e. The topological polar surface area (TPSA) is 92.7 Å². The van der Waals surface area contributed by atoms with Gasteiger partial charge < -0.3 is 14.8 Å². The zero-order chi connectivity index (χ0) is 19.9. The Morgan fingerprint density at radius 2 is 2.00 bits per heavy atom. The number of amides is 1. The molecule has 3 heterocycles. The van der Waals surface area contributed by atoms with Crippen molar-refractivity contribution in [2.24, 2.45) is 0 Å². The second kappa shape index (κ2) is 6.41. The molecule has 0 aliphatic rings. The molecule has 4 aromatic rings. The van der Waals surface area contributed by atoms with Gasteiger partial charge in [0.15, 0.2) is 17.1 Å². The molecule has 1 amide bonds. The fourth-order valence-electron chi connectivity index (χ4n) is 2.66. The van der Waals surface area contributed by atoms with Gasteiger partial charge in [-0.1, -0.05) is 6.07 Å². The normalized spacial score (nSPS) is 11.7. The molecule has 1 aromatic carbocycles. The first-order valence-corrected chi connectivity index (χ1v) is 7.93. The van der Waals surface area contributed by atoms with E-state index >= 15 is 0 Å². The van der Waals surface area contributed by atoms with Crippen molar-refractivity contribution in [3.8, 4) is 17.2 Å². The van der Waals surface area contributed by atoms with Crippen LogP contribution < -0.4 is 5.32 Å². The number of aromatic nitrogens is 3. The van der Waals surface area contributed by atoms with Gasteiger partial charge in [0, 0.05) is 11.8 Å². The number of carbonyl (C=O) groups is 1. The molecule has 7 nitrogen and oxygen atoms in total. The number of hydrogen-bond acceptors (Lipinski definition) is 5. The van der Waals surface area contributed by atoms with Gasteiger partial charge in [-0.05, 0) is 30.3 Å². The van der Waals surface area contributed by atoms with Crippen LogP contribution in [0, 0.1) is 0 Å². The van der Waals surface area contributed by atoms with Crippen molar-refractivity contribution in [3.05, 3.63) is 66.2 Å². The van der Waals surface area contributed by atoms with Crippen molar-refractivity contribution in [1.82, 2.24) is 14.6 Å². The number of aromatic hydroxyl groups is 1. The monoisotopic (exact) mass is 388 g/mol. The number of furan rings is 1. The molecule has 0 radical (unpaired) electrons. The van der Waals surface area contributed by atoms with Crippen LogP contribution in [0.3, 0.4) is 0 Å². The largest absolute Gasteiger partial charge is 0.508 e. The standard InChI is InChI=1S/C18H11F3N4O3/c19-18(20,21)15-8-13(14-5-2-6-28-14)24-16-12(9-22-25(15)16)17(27)23-10-3-1-4-11(26)7-10/h1-9,26H,(H,23,27). The minimum Gasteiger partial charge on any atom is -0.508 e. The molecule has 0 fully saturated rings. The van der Waals surface area contributed by atoms with Crippen LogP contribution in [-0.4, -0.2) is 25.6 Å². The van der Waals surface area contributed by atoms with E-state index in [0.29, 0.717) is 4.52 Å². The zero-order valence-corrected chi connectivity index (χ0v) is 13.9. The second-order valence-electron chi connectivity index (χ2n) is 5.80. The summed E-state index contributed by atoms with van der Waals surface area (Å²) in [6.07, 6.45) is -2.42. The first-order valence-electron chi connectivity index (χ1n) is 7.93. The van der Waals surface area contributed by atoms with E-state index in [1.54, 1.807) is 0 Å². The molecule has 0 saturated carbocycles. The number of rotatable bonds is 3. The fourth-order valence-corrected chi connectivity index (χ4v) is 2.66. The van der Waals surface area contributed by atoms with Gasteiger partial charge >= 0.3 is 6.18 Å². The minimum absolute atomic E-state index is 0.0738. The lowest BCUT2D eigenvalue weighted by molar-refractivity contribution is -0.142. The van der Waals surface area contributed by atoms with Crippen molar-refractivity contribution in [1.29, 1.82) is 0 Å². The van der Waals surface area contributed by atoms with Crippen LogP contribution in [0.5, 0.6) is 5.75 Å². The molecule has 142 valence electrons. The number of nitrogens with zero attached hydrogens (tertiary/aromatic N) is 3. The number of nitrogens with one attached hydrogen (secondary N) is 1. The molecule has 2 N–H and O–H groups in total. The molecule has 4 rings (SSSR count). The van der Waals surface area contributed by atoms with Gasteiger partial charge in [-0.15, -0.1) is 0 Å². The summed E-state index contributed by atoms with van der Waals surface area (Å²) >= 11 is 0. The van der Waals surface area contributed by atoms with E-state index in [9.17, 15) is 23.1 Å². The predicted molar refractivity (Wildman–Crippen MR) is 91.8 cm³/mol. The highest BCUT2D eigenvalue weighted by atomic mass is 19.4.